The Hall–Kier alpha value is -3.05. The molecule has 0 fully saturated rings. The van der Waals surface area contributed by atoms with Gasteiger partial charge in [0.15, 0.2) is 0 Å². The maximum atomic E-state index is 4.41. The molecule has 0 unspecified atom stereocenters. The quantitative estimate of drug-likeness (QED) is 0.697. The zero-order valence-electron chi connectivity index (χ0n) is 15.5. The second-order valence-electron chi connectivity index (χ2n) is 6.65. The first-order valence-corrected chi connectivity index (χ1v) is 9.26. The van der Waals surface area contributed by atoms with E-state index in [0.29, 0.717) is 5.95 Å². The zero-order chi connectivity index (χ0) is 18.5. The summed E-state index contributed by atoms with van der Waals surface area (Å²) in [5.74, 6) is 0.601. The minimum Gasteiger partial charge on any atom is -0.296 e. The normalized spacial score (nSPS) is 15.2. The Bertz CT molecular complexity index is 941. The Morgan fingerprint density at radius 2 is 1.89 bits per heavy atom. The van der Waals surface area contributed by atoms with Crippen LogP contribution in [0.5, 0.6) is 0 Å². The van der Waals surface area contributed by atoms with Crippen molar-refractivity contribution in [1.82, 2.24) is 24.6 Å². The van der Waals surface area contributed by atoms with Gasteiger partial charge >= 0.3 is 0 Å². The molecular formula is C22H23N5. The van der Waals surface area contributed by atoms with Crippen LogP contribution in [0.2, 0.25) is 0 Å². The van der Waals surface area contributed by atoms with Crippen molar-refractivity contribution in [3.05, 3.63) is 84.0 Å². The van der Waals surface area contributed by atoms with Crippen molar-refractivity contribution in [2.24, 2.45) is 0 Å². The predicted octanol–water partition coefficient (Wildman–Crippen LogP) is 3.77. The van der Waals surface area contributed by atoms with Crippen LogP contribution in [0.1, 0.15) is 23.2 Å². The second kappa shape index (κ2) is 8.10. The van der Waals surface area contributed by atoms with Gasteiger partial charge in [-0.1, -0.05) is 48.6 Å². The van der Waals surface area contributed by atoms with Gasteiger partial charge in [-0.3, -0.25) is 4.90 Å². The minimum atomic E-state index is 0.601. The molecule has 0 N–H and O–H groups in total. The van der Waals surface area contributed by atoms with Crippen molar-refractivity contribution in [2.45, 2.75) is 13.3 Å². The molecule has 0 radical (unpaired) electrons. The van der Waals surface area contributed by atoms with E-state index in [0.717, 1.165) is 37.3 Å². The first kappa shape index (κ1) is 17.4. The highest BCUT2D eigenvalue weighted by molar-refractivity contribution is 5.66. The van der Waals surface area contributed by atoms with Gasteiger partial charge in [-0.25, -0.2) is 14.6 Å². The molecule has 1 aliphatic rings. The summed E-state index contributed by atoms with van der Waals surface area (Å²) in [6.45, 7) is 5.05. The minimum absolute atomic E-state index is 0.601. The number of rotatable bonds is 5. The van der Waals surface area contributed by atoms with E-state index >= 15 is 0 Å². The van der Waals surface area contributed by atoms with E-state index in [1.165, 1.54) is 11.1 Å². The highest BCUT2D eigenvalue weighted by atomic mass is 15.3. The van der Waals surface area contributed by atoms with Gasteiger partial charge in [0.25, 0.3) is 5.95 Å². The average molecular weight is 357 g/mol. The molecule has 0 atom stereocenters. The van der Waals surface area contributed by atoms with Gasteiger partial charge in [-0.2, -0.15) is 5.10 Å². The van der Waals surface area contributed by atoms with Crippen LogP contribution in [-0.2, 0) is 0 Å². The van der Waals surface area contributed by atoms with Crippen molar-refractivity contribution in [2.75, 3.05) is 19.6 Å². The molecule has 5 nitrogen and oxygen atoms in total. The topological polar surface area (TPSA) is 46.8 Å². The van der Waals surface area contributed by atoms with Crippen LogP contribution in [0.4, 0.5) is 0 Å². The van der Waals surface area contributed by atoms with Gasteiger partial charge in [-0.15, -0.1) is 0 Å². The molecule has 0 saturated heterocycles. The summed E-state index contributed by atoms with van der Waals surface area (Å²) < 4.78 is 1.77. The van der Waals surface area contributed by atoms with Crippen LogP contribution in [0.3, 0.4) is 0 Å². The molecule has 3 aromatic rings. The molecule has 136 valence electrons. The fourth-order valence-corrected chi connectivity index (χ4v) is 3.31. The average Bonchev–Trinajstić information content (AvgIpc) is 3.10. The highest BCUT2D eigenvalue weighted by Gasteiger charge is 2.12. The lowest BCUT2D eigenvalue weighted by Crippen LogP contribution is -2.28. The molecule has 27 heavy (non-hydrogen) atoms. The molecule has 3 heterocycles. The number of benzene rings is 1. The number of nitrogens with zero attached hydrogens (tertiary/aromatic N) is 5. The van der Waals surface area contributed by atoms with Gasteiger partial charge in [0.1, 0.15) is 0 Å². The van der Waals surface area contributed by atoms with Gasteiger partial charge in [0, 0.05) is 37.6 Å². The summed E-state index contributed by atoms with van der Waals surface area (Å²) in [6.07, 6.45) is 13.1. The van der Waals surface area contributed by atoms with Crippen LogP contribution in [0, 0.1) is 6.92 Å². The van der Waals surface area contributed by atoms with E-state index in [1.807, 2.05) is 13.1 Å². The van der Waals surface area contributed by atoms with Crippen LogP contribution >= 0.6 is 0 Å². The molecule has 0 aliphatic carbocycles. The Morgan fingerprint density at radius 3 is 2.63 bits per heavy atom. The molecule has 1 aliphatic heterocycles. The maximum absolute atomic E-state index is 4.41. The molecule has 4 rings (SSSR count). The third kappa shape index (κ3) is 4.04. The zero-order valence-corrected chi connectivity index (χ0v) is 15.5. The van der Waals surface area contributed by atoms with Crippen molar-refractivity contribution in [3.63, 3.8) is 0 Å². The Labute approximate surface area is 159 Å². The van der Waals surface area contributed by atoms with Gasteiger partial charge in [-0.05, 0) is 30.5 Å². The SMILES string of the molecule is Cc1c(/C=C\CN2CC=C(c3ccccc3)CC2)cnn1-c1ncccn1. The smallest absolute Gasteiger partial charge is 0.250 e. The lowest BCUT2D eigenvalue weighted by Gasteiger charge is -2.25. The molecule has 1 aromatic carbocycles. The van der Waals surface area contributed by atoms with Crippen molar-refractivity contribution >= 4 is 11.6 Å². The fourth-order valence-electron chi connectivity index (χ4n) is 3.31. The van der Waals surface area contributed by atoms with Crippen molar-refractivity contribution < 1.29 is 0 Å². The Morgan fingerprint density at radius 1 is 1.07 bits per heavy atom. The predicted molar refractivity (Wildman–Crippen MR) is 108 cm³/mol. The molecule has 2 aromatic heterocycles. The number of hydrogen-bond donors (Lipinski definition) is 0. The fraction of sp³-hybridized carbons (Fsp3) is 0.227. The van der Waals surface area contributed by atoms with E-state index in [9.17, 15) is 0 Å². The highest BCUT2D eigenvalue weighted by Crippen LogP contribution is 2.22. The summed E-state index contributed by atoms with van der Waals surface area (Å²) in [5.41, 5.74) is 4.94. The number of hydrogen-bond acceptors (Lipinski definition) is 4. The van der Waals surface area contributed by atoms with Crippen molar-refractivity contribution in [3.8, 4) is 5.95 Å². The largest absolute Gasteiger partial charge is 0.296 e. The first-order valence-electron chi connectivity index (χ1n) is 9.26. The Kier molecular flexibility index (Phi) is 5.21. The summed E-state index contributed by atoms with van der Waals surface area (Å²) in [4.78, 5) is 11.0. The van der Waals surface area contributed by atoms with Gasteiger partial charge in [0.2, 0.25) is 0 Å². The lowest BCUT2D eigenvalue weighted by molar-refractivity contribution is 0.335. The van der Waals surface area contributed by atoms with Crippen LogP contribution < -0.4 is 0 Å². The lowest BCUT2D eigenvalue weighted by atomic mass is 10.00. The van der Waals surface area contributed by atoms with Crippen LogP contribution in [0.25, 0.3) is 17.6 Å². The van der Waals surface area contributed by atoms with E-state index in [4.69, 9.17) is 0 Å². The maximum Gasteiger partial charge on any atom is 0.250 e. The van der Waals surface area contributed by atoms with Gasteiger partial charge < -0.3 is 0 Å². The molecule has 0 bridgehead atoms. The van der Waals surface area contributed by atoms with E-state index < -0.39 is 0 Å². The van der Waals surface area contributed by atoms with Gasteiger partial charge in [0.05, 0.1) is 11.9 Å². The first-order chi connectivity index (χ1) is 13.3. The van der Waals surface area contributed by atoms with E-state index in [-0.39, 0.29) is 0 Å². The summed E-state index contributed by atoms with van der Waals surface area (Å²) in [7, 11) is 0. The monoisotopic (exact) mass is 357 g/mol. The number of aromatic nitrogens is 4. The second-order valence-corrected chi connectivity index (χ2v) is 6.65. The van der Waals surface area contributed by atoms with Crippen molar-refractivity contribution in [1.29, 1.82) is 0 Å². The third-order valence-electron chi connectivity index (χ3n) is 4.89. The summed E-state index contributed by atoms with van der Waals surface area (Å²) >= 11 is 0. The Balaban J connectivity index is 1.37. The summed E-state index contributed by atoms with van der Waals surface area (Å²) in [5, 5.41) is 4.41. The molecular weight excluding hydrogens is 334 g/mol. The van der Waals surface area contributed by atoms with E-state index in [1.54, 1.807) is 23.1 Å². The van der Waals surface area contributed by atoms with Crippen LogP contribution in [0.15, 0.2) is 67.1 Å². The van der Waals surface area contributed by atoms with E-state index in [2.05, 4.69) is 68.5 Å². The molecule has 0 saturated carbocycles. The summed E-state index contributed by atoms with van der Waals surface area (Å²) in [6, 6.07) is 12.5. The molecule has 5 heteroatoms. The standard InChI is InChI=1S/C22H23N5/c1-18-21(17-25-27(18)22-23-12-6-13-24-22)9-5-14-26-15-10-20(11-16-26)19-7-3-2-4-8-19/h2-10,12-13,17H,11,14-16H2,1H3/b9-5-. The third-order valence-corrected chi connectivity index (χ3v) is 4.89. The molecule has 0 amide bonds. The molecule has 0 spiro atoms. The van der Waals surface area contributed by atoms with Crippen LogP contribution in [-0.4, -0.2) is 44.3 Å².